The van der Waals surface area contributed by atoms with E-state index < -0.39 is 0 Å². The Kier molecular flexibility index (Phi) is 3.33. The molecule has 3 nitrogen and oxygen atoms in total. The van der Waals surface area contributed by atoms with E-state index >= 15 is 0 Å². The predicted molar refractivity (Wildman–Crippen MR) is 72.9 cm³/mol. The van der Waals surface area contributed by atoms with Crippen molar-refractivity contribution in [3.05, 3.63) is 29.3 Å². The van der Waals surface area contributed by atoms with Crippen molar-refractivity contribution in [1.29, 1.82) is 0 Å². The standard InChI is InChI=1S/C15H21NO2/c1-10-5-6-12(14(17)18-4)9-13(10)16-11(2)15(3)7-8-15/h5-6,9,11,16H,7-8H2,1-4H3. The van der Waals surface area contributed by atoms with E-state index in [9.17, 15) is 4.79 Å². The highest BCUT2D eigenvalue weighted by atomic mass is 16.5. The van der Waals surface area contributed by atoms with Crippen LogP contribution in [0.4, 0.5) is 5.69 Å². The van der Waals surface area contributed by atoms with Crippen molar-refractivity contribution < 1.29 is 9.53 Å². The maximum atomic E-state index is 11.5. The number of esters is 1. The lowest BCUT2D eigenvalue weighted by Crippen LogP contribution is -2.25. The van der Waals surface area contributed by atoms with Gasteiger partial charge in [-0.25, -0.2) is 4.79 Å². The summed E-state index contributed by atoms with van der Waals surface area (Å²) in [4.78, 5) is 11.5. The van der Waals surface area contributed by atoms with Crippen LogP contribution in [0.15, 0.2) is 18.2 Å². The zero-order valence-corrected chi connectivity index (χ0v) is 11.5. The molecule has 0 aromatic heterocycles. The molecule has 1 aliphatic rings. The number of aryl methyl sites for hydroxylation is 1. The van der Waals surface area contributed by atoms with Gasteiger partial charge < -0.3 is 10.1 Å². The number of methoxy groups -OCH3 is 1. The van der Waals surface area contributed by atoms with E-state index in [1.807, 2.05) is 19.1 Å². The maximum Gasteiger partial charge on any atom is 0.337 e. The molecule has 3 heteroatoms. The van der Waals surface area contributed by atoms with Crippen molar-refractivity contribution in [3.63, 3.8) is 0 Å². The van der Waals surface area contributed by atoms with E-state index in [2.05, 4.69) is 19.2 Å². The van der Waals surface area contributed by atoms with Crippen molar-refractivity contribution in [1.82, 2.24) is 0 Å². The third kappa shape index (κ3) is 2.50. The summed E-state index contributed by atoms with van der Waals surface area (Å²) in [5, 5.41) is 3.52. The summed E-state index contributed by atoms with van der Waals surface area (Å²) >= 11 is 0. The second-order valence-electron chi connectivity index (χ2n) is 5.54. The molecule has 98 valence electrons. The van der Waals surface area contributed by atoms with E-state index in [0.29, 0.717) is 17.0 Å². The van der Waals surface area contributed by atoms with Gasteiger partial charge in [0.1, 0.15) is 0 Å². The van der Waals surface area contributed by atoms with Gasteiger partial charge in [-0.15, -0.1) is 0 Å². The average Bonchev–Trinajstić information content (AvgIpc) is 3.10. The second-order valence-corrected chi connectivity index (χ2v) is 5.54. The Bertz CT molecular complexity index is 464. The first-order valence-corrected chi connectivity index (χ1v) is 6.42. The van der Waals surface area contributed by atoms with E-state index in [1.165, 1.54) is 20.0 Å². The number of benzene rings is 1. The molecule has 1 aliphatic carbocycles. The molecule has 0 heterocycles. The number of ether oxygens (including phenoxy) is 1. The second kappa shape index (κ2) is 4.63. The molecule has 2 rings (SSSR count). The van der Waals surface area contributed by atoms with Crippen LogP contribution in [-0.2, 0) is 4.74 Å². The lowest BCUT2D eigenvalue weighted by molar-refractivity contribution is 0.0601. The fourth-order valence-electron chi connectivity index (χ4n) is 2.06. The summed E-state index contributed by atoms with van der Waals surface area (Å²) in [6.45, 7) is 6.55. The normalized spacial score (nSPS) is 18.0. The number of carbonyl (C=O) groups excluding carboxylic acids is 1. The zero-order chi connectivity index (χ0) is 13.3. The van der Waals surface area contributed by atoms with Gasteiger partial charge in [0.25, 0.3) is 0 Å². The molecule has 1 unspecified atom stereocenters. The van der Waals surface area contributed by atoms with Crippen LogP contribution in [0.1, 0.15) is 42.6 Å². The highest BCUT2D eigenvalue weighted by Gasteiger charge is 2.42. The number of nitrogens with one attached hydrogen (secondary N) is 1. The van der Waals surface area contributed by atoms with Crippen LogP contribution in [0.5, 0.6) is 0 Å². The van der Waals surface area contributed by atoms with Crippen molar-refractivity contribution in [2.45, 2.75) is 39.7 Å². The smallest absolute Gasteiger partial charge is 0.337 e. The maximum absolute atomic E-state index is 11.5. The third-order valence-corrected chi connectivity index (χ3v) is 4.11. The van der Waals surface area contributed by atoms with E-state index in [0.717, 1.165) is 11.3 Å². The van der Waals surface area contributed by atoms with E-state index in [1.54, 1.807) is 6.07 Å². The molecular formula is C15H21NO2. The molecule has 0 saturated heterocycles. The first kappa shape index (κ1) is 12.9. The van der Waals surface area contributed by atoms with Crippen LogP contribution in [-0.4, -0.2) is 19.1 Å². The summed E-state index contributed by atoms with van der Waals surface area (Å²) in [5.41, 5.74) is 3.18. The van der Waals surface area contributed by atoms with Gasteiger partial charge in [0.2, 0.25) is 0 Å². The van der Waals surface area contributed by atoms with Crippen molar-refractivity contribution in [3.8, 4) is 0 Å². The molecule has 1 saturated carbocycles. The van der Waals surface area contributed by atoms with Gasteiger partial charge in [0.15, 0.2) is 0 Å². The fraction of sp³-hybridized carbons (Fsp3) is 0.533. The summed E-state index contributed by atoms with van der Waals surface area (Å²) in [6.07, 6.45) is 2.55. The van der Waals surface area contributed by atoms with Crippen molar-refractivity contribution >= 4 is 11.7 Å². The molecule has 1 aromatic carbocycles. The number of anilines is 1. The molecule has 1 aromatic rings. The minimum Gasteiger partial charge on any atom is -0.465 e. The summed E-state index contributed by atoms with van der Waals surface area (Å²) in [6, 6.07) is 6.06. The topological polar surface area (TPSA) is 38.3 Å². The van der Waals surface area contributed by atoms with Gasteiger partial charge in [0, 0.05) is 11.7 Å². The zero-order valence-electron chi connectivity index (χ0n) is 11.5. The molecule has 1 atom stereocenters. The summed E-state index contributed by atoms with van der Waals surface area (Å²) < 4.78 is 4.75. The Morgan fingerprint density at radius 2 is 2.11 bits per heavy atom. The van der Waals surface area contributed by atoms with Gasteiger partial charge in [-0.1, -0.05) is 13.0 Å². The molecule has 0 amide bonds. The van der Waals surface area contributed by atoms with Crippen LogP contribution >= 0.6 is 0 Å². The minimum absolute atomic E-state index is 0.289. The highest BCUT2D eigenvalue weighted by Crippen LogP contribution is 2.48. The number of hydrogen-bond acceptors (Lipinski definition) is 3. The predicted octanol–water partition coefficient (Wildman–Crippen LogP) is 3.38. The lowest BCUT2D eigenvalue weighted by Gasteiger charge is -2.23. The molecular weight excluding hydrogens is 226 g/mol. The van der Waals surface area contributed by atoms with E-state index in [4.69, 9.17) is 4.74 Å². The summed E-state index contributed by atoms with van der Waals surface area (Å²) in [7, 11) is 1.41. The molecule has 0 radical (unpaired) electrons. The Morgan fingerprint density at radius 1 is 1.44 bits per heavy atom. The Morgan fingerprint density at radius 3 is 2.67 bits per heavy atom. The average molecular weight is 247 g/mol. The van der Waals surface area contributed by atoms with Gasteiger partial charge in [-0.2, -0.15) is 0 Å². The lowest BCUT2D eigenvalue weighted by atomic mass is 9.99. The van der Waals surface area contributed by atoms with Gasteiger partial charge in [-0.05, 0) is 49.8 Å². The molecule has 1 fully saturated rings. The first-order valence-electron chi connectivity index (χ1n) is 6.42. The monoisotopic (exact) mass is 247 g/mol. The molecule has 0 aliphatic heterocycles. The van der Waals surface area contributed by atoms with Crippen molar-refractivity contribution in [2.75, 3.05) is 12.4 Å². The first-order chi connectivity index (χ1) is 8.46. The van der Waals surface area contributed by atoms with E-state index in [-0.39, 0.29) is 5.97 Å². The van der Waals surface area contributed by atoms with Crippen LogP contribution < -0.4 is 5.32 Å². The Labute approximate surface area is 109 Å². The number of rotatable bonds is 4. The molecule has 0 spiro atoms. The SMILES string of the molecule is COC(=O)c1ccc(C)c(NC(C)C2(C)CC2)c1. The molecule has 18 heavy (non-hydrogen) atoms. The largest absolute Gasteiger partial charge is 0.465 e. The van der Waals surface area contributed by atoms with Crippen LogP contribution in [0.2, 0.25) is 0 Å². The Balaban J connectivity index is 2.18. The number of carbonyl (C=O) groups is 1. The number of hydrogen-bond donors (Lipinski definition) is 1. The highest BCUT2D eigenvalue weighted by molar-refractivity contribution is 5.90. The molecule has 0 bridgehead atoms. The van der Waals surface area contributed by atoms with Gasteiger partial charge >= 0.3 is 5.97 Å². The quantitative estimate of drug-likeness (QED) is 0.829. The van der Waals surface area contributed by atoms with Crippen LogP contribution in [0.3, 0.4) is 0 Å². The fourth-order valence-corrected chi connectivity index (χ4v) is 2.06. The van der Waals surface area contributed by atoms with Crippen molar-refractivity contribution in [2.24, 2.45) is 5.41 Å². The molecule has 1 N–H and O–H groups in total. The summed E-state index contributed by atoms with van der Waals surface area (Å²) in [5.74, 6) is -0.289. The minimum atomic E-state index is -0.289. The van der Waals surface area contributed by atoms with Gasteiger partial charge in [-0.3, -0.25) is 0 Å². The third-order valence-electron chi connectivity index (χ3n) is 4.11. The van der Waals surface area contributed by atoms with Crippen LogP contribution in [0.25, 0.3) is 0 Å². The van der Waals surface area contributed by atoms with Crippen LogP contribution in [0, 0.1) is 12.3 Å². The Hall–Kier alpha value is -1.51. The van der Waals surface area contributed by atoms with Gasteiger partial charge in [0.05, 0.1) is 12.7 Å².